The van der Waals surface area contributed by atoms with Gasteiger partial charge < -0.3 is 28.4 Å². The summed E-state index contributed by atoms with van der Waals surface area (Å²) < 4.78 is 68.7. The number of carbonyl (C=O) groups is 2. The number of phosphoric ester groups is 1. The Morgan fingerprint density at radius 2 is 1.14 bits per heavy atom. The first-order chi connectivity index (χ1) is 28.3. The van der Waals surface area contributed by atoms with Crippen LogP contribution in [0, 0.1) is 0 Å². The van der Waals surface area contributed by atoms with Gasteiger partial charge in [0.05, 0.1) is 26.4 Å². The number of hydrogen-bond acceptors (Lipinski definition) is 12. The molecule has 1 aliphatic carbocycles. The molecule has 0 aromatic heterocycles. The topological polar surface area (TPSA) is 134 Å². The minimum atomic E-state index is -4.30. The van der Waals surface area contributed by atoms with Crippen LogP contribution < -0.4 is 0 Å². The number of ether oxygens (including phenoxy) is 6. The van der Waals surface area contributed by atoms with E-state index in [0.29, 0.717) is 12.8 Å². The first-order valence-electron chi connectivity index (χ1n) is 20.0. The van der Waals surface area contributed by atoms with Crippen molar-refractivity contribution >= 4 is 19.9 Å². The first-order valence-corrected chi connectivity index (χ1v) is 21.4. The minimum Gasteiger partial charge on any atom is -0.454 e. The molecule has 0 amide bonds. The summed E-state index contributed by atoms with van der Waals surface area (Å²) in [5, 5.41) is 0. The fourth-order valence-electron chi connectivity index (χ4n) is 6.99. The van der Waals surface area contributed by atoms with Crippen LogP contribution in [0.5, 0.6) is 0 Å². The van der Waals surface area contributed by atoms with E-state index >= 15 is 0 Å². The molecule has 0 saturated carbocycles. The number of rotatable bonds is 21. The number of benzene rings is 4. The third kappa shape index (κ3) is 11.6. The number of unbranched alkanes of at least 4 members (excludes halogenated alkanes) is 2. The lowest BCUT2D eigenvalue weighted by molar-refractivity contribution is -0.303. The van der Waals surface area contributed by atoms with Gasteiger partial charge in [-0.3, -0.25) is 18.4 Å². The Morgan fingerprint density at radius 3 is 1.67 bits per heavy atom. The van der Waals surface area contributed by atoms with Crippen molar-refractivity contribution in [2.75, 3.05) is 26.4 Å². The summed E-state index contributed by atoms with van der Waals surface area (Å²) in [7, 11) is -4.30. The van der Waals surface area contributed by atoms with E-state index in [4.69, 9.17) is 42.0 Å². The van der Waals surface area contributed by atoms with Crippen molar-refractivity contribution in [1.29, 1.82) is 0 Å². The molecule has 310 valence electrons. The van der Waals surface area contributed by atoms with Gasteiger partial charge in [-0.25, -0.2) is 9.36 Å². The van der Waals surface area contributed by atoms with E-state index < -0.39 is 50.7 Å². The molecule has 0 radical (unpaired) electrons. The quantitative estimate of drug-likeness (QED) is 0.0450. The van der Waals surface area contributed by atoms with E-state index in [1.165, 1.54) is 6.92 Å². The maximum atomic E-state index is 14.2. The number of esters is 1. The van der Waals surface area contributed by atoms with E-state index in [1.807, 2.05) is 111 Å². The molecule has 1 heterocycles. The van der Waals surface area contributed by atoms with Crippen LogP contribution >= 0.6 is 7.82 Å². The van der Waals surface area contributed by atoms with E-state index in [-0.39, 0.29) is 45.6 Å². The highest BCUT2D eigenvalue weighted by Crippen LogP contribution is 2.53. The van der Waals surface area contributed by atoms with Crippen molar-refractivity contribution in [3.63, 3.8) is 0 Å². The molecular formula is C45H53O12P. The lowest BCUT2D eigenvalue weighted by atomic mass is 9.98. The highest BCUT2D eigenvalue weighted by atomic mass is 31.2. The maximum Gasteiger partial charge on any atom is 0.508 e. The summed E-state index contributed by atoms with van der Waals surface area (Å²) in [5.74, 6) is -0.847. The first kappa shape index (κ1) is 43.2. The molecule has 13 heteroatoms. The van der Waals surface area contributed by atoms with Crippen LogP contribution in [-0.4, -0.2) is 69.3 Å². The highest BCUT2D eigenvalue weighted by Gasteiger charge is 2.53. The summed E-state index contributed by atoms with van der Waals surface area (Å²) in [6.07, 6.45) is -4.23. The minimum absolute atomic E-state index is 0.0444. The third-order valence-electron chi connectivity index (χ3n) is 9.89. The van der Waals surface area contributed by atoms with E-state index in [9.17, 15) is 14.2 Å². The van der Waals surface area contributed by atoms with Gasteiger partial charge in [-0.2, -0.15) is 0 Å². The second-order valence-electron chi connectivity index (χ2n) is 14.2. The van der Waals surface area contributed by atoms with Gasteiger partial charge in [0.2, 0.25) is 6.29 Å². The largest absolute Gasteiger partial charge is 0.508 e. The number of carbonyl (C=O) groups excluding carboxylic acids is 2. The fourth-order valence-corrected chi connectivity index (χ4v) is 8.31. The summed E-state index contributed by atoms with van der Waals surface area (Å²) in [6, 6.07) is 35.0. The molecule has 1 saturated heterocycles. The number of hydrogen-bond donors (Lipinski definition) is 0. The smallest absolute Gasteiger partial charge is 0.454 e. The molecular weight excluding hydrogens is 763 g/mol. The molecule has 1 aliphatic heterocycles. The van der Waals surface area contributed by atoms with Gasteiger partial charge in [-0.05, 0) is 46.2 Å². The standard InChI is InChI=1S/C45H53O12P/c1-4-6-26-53-58(48,54-27-7-5-2)57-44-43(55-32(3)46)42(50-29-34-20-12-9-13-21-34)41(49-28-33-18-10-8-11-19-33)40(56-44)31-52-45(47)51-30-39-37-24-16-14-22-35(37)36-23-15-17-25-38(36)39/h8-25,39-44H,4-7,26-31H2,1-3H3/t40-,41-,42+,43+,44-/m1/s1. The summed E-state index contributed by atoms with van der Waals surface area (Å²) in [5.41, 5.74) is 5.99. The van der Waals surface area contributed by atoms with Crippen LogP contribution in [0.2, 0.25) is 0 Å². The Kier molecular flexibility index (Phi) is 16.1. The van der Waals surface area contributed by atoms with Gasteiger partial charge in [0.15, 0.2) is 6.10 Å². The molecule has 58 heavy (non-hydrogen) atoms. The molecule has 5 atom stereocenters. The Morgan fingerprint density at radius 1 is 0.638 bits per heavy atom. The van der Waals surface area contributed by atoms with Gasteiger partial charge in [-0.1, -0.05) is 136 Å². The highest BCUT2D eigenvalue weighted by molar-refractivity contribution is 7.48. The molecule has 4 aromatic carbocycles. The van der Waals surface area contributed by atoms with Gasteiger partial charge >= 0.3 is 19.9 Å². The average molecular weight is 817 g/mol. The van der Waals surface area contributed by atoms with E-state index in [0.717, 1.165) is 46.2 Å². The normalized spacial score (nSPS) is 20.2. The predicted octanol–water partition coefficient (Wildman–Crippen LogP) is 9.54. The second kappa shape index (κ2) is 21.6. The average Bonchev–Trinajstić information content (AvgIpc) is 3.56. The van der Waals surface area contributed by atoms with Crippen LogP contribution in [0.1, 0.15) is 74.6 Å². The summed E-state index contributed by atoms with van der Waals surface area (Å²) >= 11 is 0. The number of phosphoric acid groups is 1. The maximum absolute atomic E-state index is 14.2. The SMILES string of the molecule is CCCCOP(=O)(OCCCC)O[C@H]1O[C@H](COC(=O)OCC2c3ccccc3-c3ccccc32)[C@@H](OCc2ccccc2)[C@H](OCc2ccccc2)[C@@H]1OC(C)=O. The Hall–Kier alpha value is -4.39. The number of fused-ring (bicyclic) bond motifs is 3. The van der Waals surface area contributed by atoms with Crippen molar-refractivity contribution in [3.05, 3.63) is 131 Å². The molecule has 4 aromatic rings. The van der Waals surface area contributed by atoms with Crippen molar-refractivity contribution in [2.45, 2.75) is 96.3 Å². The fraction of sp³-hybridized carbons (Fsp3) is 0.422. The molecule has 0 N–H and O–H groups in total. The van der Waals surface area contributed by atoms with Gasteiger partial charge in [0.1, 0.15) is 31.5 Å². The second-order valence-corrected chi connectivity index (χ2v) is 15.8. The van der Waals surface area contributed by atoms with Crippen molar-refractivity contribution in [1.82, 2.24) is 0 Å². The summed E-state index contributed by atoms with van der Waals surface area (Å²) in [6.45, 7) is 5.23. The lowest BCUT2D eigenvalue weighted by Gasteiger charge is -2.45. The zero-order chi connectivity index (χ0) is 40.7. The van der Waals surface area contributed by atoms with Gasteiger partial charge in [0.25, 0.3) is 0 Å². The Bertz CT molecular complexity index is 1880. The van der Waals surface area contributed by atoms with Crippen LogP contribution in [0.15, 0.2) is 109 Å². The molecule has 0 spiro atoms. The lowest BCUT2D eigenvalue weighted by Crippen LogP contribution is -2.62. The molecule has 2 aliphatic rings. The van der Waals surface area contributed by atoms with Gasteiger partial charge in [-0.15, -0.1) is 0 Å². The predicted molar refractivity (Wildman–Crippen MR) is 216 cm³/mol. The van der Waals surface area contributed by atoms with Crippen LogP contribution in [0.3, 0.4) is 0 Å². The Labute approximate surface area is 340 Å². The van der Waals surface area contributed by atoms with Crippen molar-refractivity contribution < 1.29 is 56.1 Å². The van der Waals surface area contributed by atoms with E-state index in [2.05, 4.69) is 12.1 Å². The monoisotopic (exact) mass is 816 g/mol. The molecule has 6 rings (SSSR count). The molecule has 0 bridgehead atoms. The van der Waals surface area contributed by atoms with Crippen molar-refractivity contribution in [2.24, 2.45) is 0 Å². The van der Waals surface area contributed by atoms with Crippen LogP contribution in [0.25, 0.3) is 11.1 Å². The van der Waals surface area contributed by atoms with Gasteiger partial charge in [0, 0.05) is 12.8 Å². The van der Waals surface area contributed by atoms with E-state index in [1.54, 1.807) is 0 Å². The Balaban J connectivity index is 1.27. The zero-order valence-corrected chi connectivity index (χ0v) is 34.2. The molecule has 0 unspecified atom stereocenters. The third-order valence-corrected chi connectivity index (χ3v) is 11.4. The zero-order valence-electron chi connectivity index (χ0n) is 33.3. The van der Waals surface area contributed by atoms with Crippen LogP contribution in [0.4, 0.5) is 4.79 Å². The summed E-state index contributed by atoms with van der Waals surface area (Å²) in [4.78, 5) is 26.1. The molecule has 12 nitrogen and oxygen atoms in total. The van der Waals surface area contributed by atoms with Crippen molar-refractivity contribution in [3.8, 4) is 11.1 Å². The van der Waals surface area contributed by atoms with Crippen LogP contribution in [-0.2, 0) is 64.6 Å². The molecule has 1 fully saturated rings.